The lowest BCUT2D eigenvalue weighted by Crippen LogP contribution is -2.49. The minimum absolute atomic E-state index is 0.0132. The summed E-state index contributed by atoms with van der Waals surface area (Å²) in [5, 5.41) is 36.6. The molecule has 0 aliphatic carbocycles. The number of halogens is 3. The maximum atomic E-state index is 13.3. The van der Waals surface area contributed by atoms with Gasteiger partial charge in [-0.1, -0.05) is 5.21 Å². The summed E-state index contributed by atoms with van der Waals surface area (Å²) >= 11 is 0. The highest BCUT2D eigenvalue weighted by atomic mass is 19.2. The lowest BCUT2D eigenvalue weighted by molar-refractivity contribution is -0.137. The SMILES string of the molecule is OC[C@H]1O[CH][C@H](O)[C@H](n2cc(-c3cc(F)c(F)c(F)c3)nn2)[C@H]1O. The molecular weight excluding hydrogens is 331 g/mol. The number of aromatic nitrogens is 3. The first-order valence-corrected chi connectivity index (χ1v) is 6.95. The topological polar surface area (TPSA) is 101 Å². The van der Waals surface area contributed by atoms with E-state index in [2.05, 4.69) is 10.3 Å². The molecule has 1 aromatic heterocycles. The maximum Gasteiger partial charge on any atom is 0.194 e. The molecule has 1 radical (unpaired) electrons. The van der Waals surface area contributed by atoms with E-state index >= 15 is 0 Å². The Morgan fingerprint density at radius 3 is 2.46 bits per heavy atom. The van der Waals surface area contributed by atoms with E-state index in [9.17, 15) is 23.4 Å². The predicted molar refractivity (Wildman–Crippen MR) is 72.6 cm³/mol. The molecule has 4 atom stereocenters. The van der Waals surface area contributed by atoms with Crippen LogP contribution in [0.3, 0.4) is 0 Å². The summed E-state index contributed by atoms with van der Waals surface area (Å²) in [7, 11) is 0. The second-order valence-electron chi connectivity index (χ2n) is 5.30. The van der Waals surface area contributed by atoms with Crippen molar-refractivity contribution in [1.29, 1.82) is 0 Å². The number of nitrogens with zero attached hydrogens (tertiary/aromatic N) is 3. The van der Waals surface area contributed by atoms with Crippen LogP contribution in [0.1, 0.15) is 6.04 Å². The van der Waals surface area contributed by atoms with Crippen LogP contribution in [0, 0.1) is 24.1 Å². The molecule has 0 saturated carbocycles. The van der Waals surface area contributed by atoms with Gasteiger partial charge in [-0.3, -0.25) is 0 Å². The molecular formula is C14H13F3N3O4. The van der Waals surface area contributed by atoms with Crippen molar-refractivity contribution in [3.63, 3.8) is 0 Å². The number of aliphatic hydroxyl groups is 3. The molecule has 0 amide bonds. The van der Waals surface area contributed by atoms with Crippen molar-refractivity contribution in [3.8, 4) is 11.3 Å². The largest absolute Gasteiger partial charge is 0.394 e. The molecule has 0 bridgehead atoms. The molecule has 0 spiro atoms. The van der Waals surface area contributed by atoms with Crippen molar-refractivity contribution in [2.75, 3.05) is 6.61 Å². The zero-order valence-electron chi connectivity index (χ0n) is 12.1. The fraction of sp³-hybridized carbons (Fsp3) is 0.357. The average molecular weight is 344 g/mol. The number of benzene rings is 1. The molecule has 10 heteroatoms. The first kappa shape index (κ1) is 16.8. The van der Waals surface area contributed by atoms with Crippen LogP contribution in [0.2, 0.25) is 0 Å². The fourth-order valence-electron chi connectivity index (χ4n) is 2.49. The Balaban J connectivity index is 1.93. The minimum Gasteiger partial charge on any atom is -0.394 e. The molecule has 1 saturated heterocycles. The van der Waals surface area contributed by atoms with E-state index in [1.165, 1.54) is 6.20 Å². The zero-order chi connectivity index (χ0) is 17.4. The molecule has 1 aromatic carbocycles. The van der Waals surface area contributed by atoms with Crippen molar-refractivity contribution in [2.24, 2.45) is 0 Å². The quantitative estimate of drug-likeness (QED) is 0.687. The van der Waals surface area contributed by atoms with E-state index in [0.29, 0.717) is 0 Å². The van der Waals surface area contributed by atoms with Crippen LogP contribution in [0.5, 0.6) is 0 Å². The fourth-order valence-corrected chi connectivity index (χ4v) is 2.49. The summed E-state index contributed by atoms with van der Waals surface area (Å²) in [6.07, 6.45) is -2.28. The molecule has 1 aliphatic rings. The van der Waals surface area contributed by atoms with E-state index in [4.69, 9.17) is 9.84 Å². The molecule has 3 rings (SSSR count). The van der Waals surface area contributed by atoms with Crippen LogP contribution >= 0.6 is 0 Å². The number of hydrogen-bond donors (Lipinski definition) is 3. The molecule has 0 unspecified atom stereocenters. The monoisotopic (exact) mass is 344 g/mol. The third kappa shape index (κ3) is 2.88. The van der Waals surface area contributed by atoms with Gasteiger partial charge in [0.25, 0.3) is 0 Å². The first-order valence-electron chi connectivity index (χ1n) is 6.95. The number of hydrogen-bond acceptors (Lipinski definition) is 6. The Labute approximate surface area is 133 Å². The summed E-state index contributed by atoms with van der Waals surface area (Å²) in [4.78, 5) is 0. The molecule has 2 aromatic rings. The summed E-state index contributed by atoms with van der Waals surface area (Å²) < 4.78 is 45.7. The molecule has 2 heterocycles. The van der Waals surface area contributed by atoms with E-state index in [-0.39, 0.29) is 11.3 Å². The lowest BCUT2D eigenvalue weighted by Gasteiger charge is -2.36. The van der Waals surface area contributed by atoms with Gasteiger partial charge in [-0.25, -0.2) is 17.9 Å². The standard InChI is InChI=1S/C14H13F3N3O4/c15-7-1-6(2-8(16)12(7)17)9-3-20(19-18-9)13-10(22)5-24-11(4-21)14(13)23/h1-3,5,10-11,13-14,21-23H,4H2/t10-,11+,13-,14-/m0/s1. The van der Waals surface area contributed by atoms with E-state index in [1.54, 1.807) is 0 Å². The van der Waals surface area contributed by atoms with Gasteiger partial charge in [0.2, 0.25) is 0 Å². The zero-order valence-corrected chi connectivity index (χ0v) is 12.1. The molecule has 3 N–H and O–H groups in total. The Morgan fingerprint density at radius 2 is 1.83 bits per heavy atom. The predicted octanol–water partition coefficient (Wildman–Crippen LogP) is 0.178. The summed E-state index contributed by atoms with van der Waals surface area (Å²) in [6.45, 7) is 0.549. The van der Waals surface area contributed by atoms with Crippen LogP contribution in [-0.2, 0) is 4.74 Å². The summed E-state index contributed by atoms with van der Waals surface area (Å²) in [5.41, 5.74) is -0.0457. The molecule has 129 valence electrons. The van der Waals surface area contributed by atoms with Crippen LogP contribution in [-0.4, -0.2) is 55.2 Å². The maximum absolute atomic E-state index is 13.3. The minimum atomic E-state index is -1.60. The Morgan fingerprint density at radius 1 is 1.17 bits per heavy atom. The summed E-state index contributed by atoms with van der Waals surface area (Å²) in [6, 6.07) is 0.491. The lowest BCUT2D eigenvalue weighted by atomic mass is 9.97. The van der Waals surface area contributed by atoms with Crippen molar-refractivity contribution >= 4 is 0 Å². The molecule has 24 heavy (non-hydrogen) atoms. The summed E-state index contributed by atoms with van der Waals surface area (Å²) in [5.74, 6) is -4.35. The highest BCUT2D eigenvalue weighted by molar-refractivity contribution is 5.57. The number of ether oxygens (including phenoxy) is 1. The average Bonchev–Trinajstić information content (AvgIpc) is 3.02. The van der Waals surface area contributed by atoms with Crippen LogP contribution in [0.4, 0.5) is 13.2 Å². The van der Waals surface area contributed by atoms with Gasteiger partial charge < -0.3 is 20.1 Å². The third-order valence-corrected chi connectivity index (χ3v) is 3.75. The van der Waals surface area contributed by atoms with Gasteiger partial charge in [0.15, 0.2) is 17.5 Å². The van der Waals surface area contributed by atoms with Gasteiger partial charge in [0.05, 0.1) is 12.8 Å². The molecule has 1 fully saturated rings. The number of aliphatic hydroxyl groups excluding tert-OH is 3. The Hall–Kier alpha value is -2.01. The first-order chi connectivity index (χ1) is 11.4. The van der Waals surface area contributed by atoms with Gasteiger partial charge >= 0.3 is 0 Å². The normalized spacial score (nSPS) is 27.4. The van der Waals surface area contributed by atoms with Crippen LogP contribution < -0.4 is 0 Å². The van der Waals surface area contributed by atoms with E-state index in [0.717, 1.165) is 23.4 Å². The Bertz CT molecular complexity index is 719. The van der Waals surface area contributed by atoms with E-state index < -0.39 is 48.4 Å². The second kappa shape index (κ2) is 6.48. The van der Waals surface area contributed by atoms with Gasteiger partial charge in [-0.15, -0.1) is 5.10 Å². The second-order valence-corrected chi connectivity index (χ2v) is 5.30. The highest BCUT2D eigenvalue weighted by Crippen LogP contribution is 2.29. The van der Waals surface area contributed by atoms with Crippen molar-refractivity contribution in [2.45, 2.75) is 24.4 Å². The molecule has 1 aliphatic heterocycles. The molecule has 7 nitrogen and oxygen atoms in total. The highest BCUT2D eigenvalue weighted by Gasteiger charge is 2.40. The van der Waals surface area contributed by atoms with Gasteiger partial charge in [-0.05, 0) is 12.1 Å². The van der Waals surface area contributed by atoms with Crippen LogP contribution in [0.25, 0.3) is 11.3 Å². The van der Waals surface area contributed by atoms with Crippen molar-refractivity contribution in [3.05, 3.63) is 42.4 Å². The van der Waals surface area contributed by atoms with E-state index in [1.807, 2.05) is 0 Å². The van der Waals surface area contributed by atoms with Crippen LogP contribution in [0.15, 0.2) is 18.3 Å². The van der Waals surface area contributed by atoms with Crippen molar-refractivity contribution < 1.29 is 33.2 Å². The third-order valence-electron chi connectivity index (χ3n) is 3.75. The van der Waals surface area contributed by atoms with Gasteiger partial charge in [0, 0.05) is 5.56 Å². The number of rotatable bonds is 3. The smallest absolute Gasteiger partial charge is 0.194 e. The van der Waals surface area contributed by atoms with Gasteiger partial charge in [0.1, 0.15) is 36.7 Å². The van der Waals surface area contributed by atoms with Crippen molar-refractivity contribution in [1.82, 2.24) is 15.0 Å². The Kier molecular flexibility index (Phi) is 4.54. The van der Waals surface area contributed by atoms with Gasteiger partial charge in [-0.2, -0.15) is 0 Å².